The summed E-state index contributed by atoms with van der Waals surface area (Å²) in [5.74, 6) is -0.877. The molecular weight excluding hydrogens is 791 g/mol. The van der Waals surface area contributed by atoms with Crippen molar-refractivity contribution in [2.24, 2.45) is 0 Å². The van der Waals surface area contributed by atoms with Crippen LogP contribution in [0.5, 0.6) is 5.75 Å². The molecule has 2 aromatic heterocycles. The highest BCUT2D eigenvalue weighted by Crippen LogP contribution is 2.36. The monoisotopic (exact) mass is 843 g/mol. The second-order valence-corrected chi connectivity index (χ2v) is 14.8. The van der Waals surface area contributed by atoms with E-state index in [2.05, 4.69) is 55.2 Å². The second kappa shape index (κ2) is 20.9. The number of nitrogens with one attached hydrogen (secondary N) is 6. The summed E-state index contributed by atoms with van der Waals surface area (Å²) in [5.41, 5.74) is 7.79. The van der Waals surface area contributed by atoms with E-state index in [4.69, 9.17) is 9.47 Å². The van der Waals surface area contributed by atoms with E-state index in [1.54, 1.807) is 55.9 Å². The molecule has 0 fully saturated rings. The third-order valence-corrected chi connectivity index (χ3v) is 10.6. The molecule has 0 radical (unpaired) electrons. The molecule has 62 heavy (non-hydrogen) atoms. The summed E-state index contributed by atoms with van der Waals surface area (Å²) in [6.07, 6.45) is 4.86. The maximum atomic E-state index is 13.5. The number of hydrogen-bond donors (Lipinski definition) is 6. The summed E-state index contributed by atoms with van der Waals surface area (Å²) in [4.78, 5) is 72.5. The summed E-state index contributed by atoms with van der Waals surface area (Å²) in [6, 6.07) is 19.3. The van der Waals surface area contributed by atoms with Gasteiger partial charge in [0.25, 0.3) is 11.8 Å². The maximum Gasteiger partial charge on any atom is 0.322 e. The number of amides is 5. The normalized spacial score (nSPS) is 12.5. The Labute approximate surface area is 360 Å². The van der Waals surface area contributed by atoms with Crippen molar-refractivity contribution in [1.82, 2.24) is 30.3 Å². The van der Waals surface area contributed by atoms with Gasteiger partial charge in [0.1, 0.15) is 12.4 Å². The second-order valence-electron chi connectivity index (χ2n) is 14.8. The minimum Gasteiger partial charge on any atom is -0.497 e. The van der Waals surface area contributed by atoms with Gasteiger partial charge in [0.15, 0.2) is 0 Å². The molecule has 0 bridgehead atoms. The van der Waals surface area contributed by atoms with Crippen molar-refractivity contribution < 1.29 is 33.4 Å². The van der Waals surface area contributed by atoms with Gasteiger partial charge in [0.2, 0.25) is 5.91 Å². The Kier molecular flexibility index (Phi) is 14.9. The predicted octanol–water partition coefficient (Wildman–Crippen LogP) is 6.59. The number of nitrogens with zero attached hydrogens (tertiary/aromatic N) is 3. The van der Waals surface area contributed by atoms with E-state index < -0.39 is 17.9 Å². The Hall–Kier alpha value is -7.20. The fourth-order valence-electron chi connectivity index (χ4n) is 7.15. The van der Waals surface area contributed by atoms with Crippen molar-refractivity contribution in [2.45, 2.75) is 47.1 Å². The number of carbonyl (C=O) groups is 5. The molecule has 1 aliphatic rings. The third kappa shape index (κ3) is 11.3. The fraction of sp³-hybridized carbons (Fsp3) is 0.304. The van der Waals surface area contributed by atoms with Gasteiger partial charge in [-0.15, -0.1) is 0 Å². The van der Waals surface area contributed by atoms with E-state index >= 15 is 0 Å². The number of aromatic nitrogens is 3. The molecular formula is C46H53N9O7. The van der Waals surface area contributed by atoms with Crippen LogP contribution in [0.1, 0.15) is 65.1 Å². The Bertz CT molecular complexity index is 2420. The molecule has 16 heteroatoms. The van der Waals surface area contributed by atoms with Crippen molar-refractivity contribution in [3.05, 3.63) is 113 Å². The summed E-state index contributed by atoms with van der Waals surface area (Å²) in [6.45, 7) is 11.1. The number of aryl methyl sites for hydroxylation is 1. The van der Waals surface area contributed by atoms with E-state index in [1.165, 1.54) is 4.90 Å². The van der Waals surface area contributed by atoms with Crippen LogP contribution in [0, 0.1) is 13.8 Å². The minimum absolute atomic E-state index is 0.0822. The number of likely N-dealkylation sites (N-methyl/N-ethyl adjacent to an activating group) is 1. The Balaban J connectivity index is 1.02. The van der Waals surface area contributed by atoms with Gasteiger partial charge in [-0.05, 0) is 92.2 Å². The molecule has 5 aromatic rings. The van der Waals surface area contributed by atoms with E-state index in [-0.39, 0.29) is 44.4 Å². The molecule has 0 spiro atoms. The average Bonchev–Trinajstić information content (AvgIpc) is 3.99. The van der Waals surface area contributed by atoms with Gasteiger partial charge < -0.3 is 45.5 Å². The van der Waals surface area contributed by atoms with Crippen LogP contribution in [0.25, 0.3) is 22.8 Å². The van der Waals surface area contributed by atoms with Gasteiger partial charge in [-0.25, -0.2) is 4.79 Å². The number of methoxy groups -OCH3 is 1. The molecule has 324 valence electrons. The Morgan fingerprint density at radius 1 is 0.887 bits per heavy atom. The van der Waals surface area contributed by atoms with Crippen LogP contribution in [0.2, 0.25) is 0 Å². The summed E-state index contributed by atoms with van der Waals surface area (Å²) < 4.78 is 10.8. The zero-order valence-corrected chi connectivity index (χ0v) is 35.6. The van der Waals surface area contributed by atoms with Gasteiger partial charge in [-0.3, -0.25) is 24.3 Å². The number of fused-ring (bicyclic) bond motifs is 1. The number of ether oxygens (including phenoxy) is 2. The molecule has 1 aliphatic heterocycles. The van der Waals surface area contributed by atoms with Gasteiger partial charge in [0, 0.05) is 71.8 Å². The van der Waals surface area contributed by atoms with Crippen LogP contribution in [-0.4, -0.2) is 101 Å². The highest BCUT2D eigenvalue weighted by atomic mass is 16.5. The number of urea groups is 1. The number of aromatic amines is 2. The largest absolute Gasteiger partial charge is 0.497 e. The quantitative estimate of drug-likeness (QED) is 0.0392. The van der Waals surface area contributed by atoms with Crippen molar-refractivity contribution in [3.63, 3.8) is 0 Å². The van der Waals surface area contributed by atoms with Crippen molar-refractivity contribution >= 4 is 58.4 Å². The molecule has 0 atom stereocenters. The smallest absolute Gasteiger partial charge is 0.322 e. The van der Waals surface area contributed by atoms with Gasteiger partial charge in [-0.2, -0.15) is 5.10 Å². The first-order chi connectivity index (χ1) is 30.0. The summed E-state index contributed by atoms with van der Waals surface area (Å²) in [7, 11) is 1.57. The predicted molar refractivity (Wildman–Crippen MR) is 239 cm³/mol. The first-order valence-corrected chi connectivity index (χ1v) is 20.6. The number of carbonyl (C=O) groups excluding carboxylic acids is 5. The standard InChI is InChI=1S/C46H53N9O7/c1-6-54(7-2)20-19-47-45(59)43-29(3)40(50-30(43)4)25-38-37-24-35(15-16-39(37)53-44(38)58)51-41(56)17-18-42(57)62-22-21-55(28-31-9-8-10-36(23-31)61-5)46(60)52-34-13-11-32(12-14-34)33-26-48-49-27-33/h8-16,23-27,50H,6-7,17-22,28H2,1-5H3,(H,47,59)(H,48,49)(H,51,56)(H,52,60)(H,53,58)/b38-25-. The number of benzene rings is 3. The lowest BCUT2D eigenvalue weighted by Crippen LogP contribution is -2.37. The van der Waals surface area contributed by atoms with Crippen LogP contribution in [-0.2, 0) is 25.7 Å². The number of esters is 1. The number of hydrogen-bond acceptors (Lipinski definition) is 9. The average molecular weight is 844 g/mol. The number of rotatable bonds is 19. The van der Waals surface area contributed by atoms with E-state index in [1.807, 2.05) is 50.2 Å². The molecule has 0 unspecified atom stereocenters. The molecule has 6 rings (SSSR count). The summed E-state index contributed by atoms with van der Waals surface area (Å²) in [5, 5.41) is 18.3. The zero-order chi connectivity index (χ0) is 44.2. The zero-order valence-electron chi connectivity index (χ0n) is 35.6. The lowest BCUT2D eigenvalue weighted by atomic mass is 10.0. The highest BCUT2D eigenvalue weighted by molar-refractivity contribution is 6.35. The van der Waals surface area contributed by atoms with Crippen LogP contribution in [0.15, 0.2) is 79.1 Å². The topological polar surface area (TPSA) is 203 Å². The fourth-order valence-corrected chi connectivity index (χ4v) is 7.15. The van der Waals surface area contributed by atoms with Gasteiger partial charge in [0.05, 0.1) is 37.4 Å². The maximum absolute atomic E-state index is 13.5. The third-order valence-electron chi connectivity index (χ3n) is 10.6. The Morgan fingerprint density at radius 2 is 1.66 bits per heavy atom. The van der Waals surface area contributed by atoms with E-state index in [0.717, 1.165) is 36.3 Å². The first-order valence-electron chi connectivity index (χ1n) is 20.6. The lowest BCUT2D eigenvalue weighted by molar-refractivity contribution is -0.144. The summed E-state index contributed by atoms with van der Waals surface area (Å²) >= 11 is 0. The van der Waals surface area contributed by atoms with Crippen LogP contribution >= 0.6 is 0 Å². The number of anilines is 3. The Morgan fingerprint density at radius 3 is 2.39 bits per heavy atom. The molecule has 5 amide bonds. The SMILES string of the molecule is CCN(CC)CCNC(=O)c1c(C)[nH]c(/C=C2\C(=O)Nc3ccc(NC(=O)CCC(=O)OCCN(Cc4cccc(OC)c4)C(=O)Nc4ccc(-c5cn[nH]c5)cc4)cc32)c1C. The molecule has 6 N–H and O–H groups in total. The van der Waals surface area contributed by atoms with Crippen molar-refractivity contribution in [2.75, 3.05) is 62.4 Å². The van der Waals surface area contributed by atoms with Gasteiger partial charge in [-0.1, -0.05) is 38.1 Å². The van der Waals surface area contributed by atoms with Gasteiger partial charge >= 0.3 is 12.0 Å². The molecule has 0 saturated heterocycles. The molecule has 3 aromatic carbocycles. The van der Waals surface area contributed by atoms with E-state index in [9.17, 15) is 24.0 Å². The highest BCUT2D eigenvalue weighted by Gasteiger charge is 2.27. The van der Waals surface area contributed by atoms with Crippen LogP contribution < -0.4 is 26.0 Å². The molecule has 3 heterocycles. The van der Waals surface area contributed by atoms with E-state index in [0.29, 0.717) is 63.0 Å². The molecule has 0 saturated carbocycles. The minimum atomic E-state index is -0.598. The van der Waals surface area contributed by atoms with Crippen molar-refractivity contribution in [1.29, 1.82) is 0 Å². The van der Waals surface area contributed by atoms with Crippen LogP contribution in [0.3, 0.4) is 0 Å². The van der Waals surface area contributed by atoms with Crippen LogP contribution in [0.4, 0.5) is 21.9 Å². The molecule has 16 nitrogen and oxygen atoms in total. The first kappa shape index (κ1) is 44.4. The molecule has 0 aliphatic carbocycles. The van der Waals surface area contributed by atoms with Crippen molar-refractivity contribution in [3.8, 4) is 16.9 Å². The number of H-pyrrole nitrogens is 2. The lowest BCUT2D eigenvalue weighted by Gasteiger charge is -2.23.